The Bertz CT molecular complexity index is 645. The van der Waals surface area contributed by atoms with Crippen LogP contribution >= 0.6 is 0 Å². The standard InChI is InChI=1S/C8H8N4O5S/c13-8(14)6-4-9-12-7(6)18(15,16)11-3-5-1-2-10-17-5/h1-2,4,11H,3H2,(H,9,12)(H,13,14). The van der Waals surface area contributed by atoms with E-state index in [1.165, 1.54) is 12.3 Å². The summed E-state index contributed by atoms with van der Waals surface area (Å²) < 4.78 is 30.5. The molecule has 0 fully saturated rings. The van der Waals surface area contributed by atoms with Crippen molar-refractivity contribution in [2.45, 2.75) is 11.6 Å². The first-order valence-corrected chi connectivity index (χ1v) is 6.15. The number of carboxylic acid groups (broad SMARTS) is 1. The van der Waals surface area contributed by atoms with Crippen LogP contribution in [0.2, 0.25) is 0 Å². The van der Waals surface area contributed by atoms with Crippen LogP contribution < -0.4 is 4.72 Å². The monoisotopic (exact) mass is 272 g/mol. The molecule has 0 bridgehead atoms. The Kier molecular flexibility index (Phi) is 3.12. The Morgan fingerprint density at radius 3 is 2.94 bits per heavy atom. The first-order valence-electron chi connectivity index (χ1n) is 4.66. The van der Waals surface area contributed by atoms with Gasteiger partial charge in [-0.3, -0.25) is 5.10 Å². The Balaban J connectivity index is 2.20. The molecule has 0 saturated heterocycles. The number of rotatable bonds is 5. The zero-order chi connectivity index (χ0) is 13.2. The fourth-order valence-electron chi connectivity index (χ4n) is 1.20. The molecule has 0 aliphatic heterocycles. The van der Waals surface area contributed by atoms with Gasteiger partial charge in [0.15, 0.2) is 10.8 Å². The molecule has 18 heavy (non-hydrogen) atoms. The van der Waals surface area contributed by atoms with Gasteiger partial charge in [-0.25, -0.2) is 17.9 Å². The molecule has 0 aromatic carbocycles. The smallest absolute Gasteiger partial charge is 0.340 e. The van der Waals surface area contributed by atoms with Gasteiger partial charge in [0.25, 0.3) is 10.0 Å². The van der Waals surface area contributed by atoms with E-state index in [0.29, 0.717) is 5.76 Å². The van der Waals surface area contributed by atoms with Crippen molar-refractivity contribution in [1.29, 1.82) is 0 Å². The fraction of sp³-hybridized carbons (Fsp3) is 0.125. The average molecular weight is 272 g/mol. The normalized spacial score (nSPS) is 11.6. The van der Waals surface area contributed by atoms with Crippen LogP contribution in [0, 0.1) is 0 Å². The minimum Gasteiger partial charge on any atom is -0.478 e. The lowest BCUT2D eigenvalue weighted by Crippen LogP contribution is -2.25. The SMILES string of the molecule is O=C(O)c1cn[nH]c1S(=O)(=O)NCc1ccno1. The molecule has 2 heterocycles. The van der Waals surface area contributed by atoms with Gasteiger partial charge in [0.2, 0.25) is 0 Å². The van der Waals surface area contributed by atoms with Gasteiger partial charge >= 0.3 is 5.97 Å². The van der Waals surface area contributed by atoms with E-state index in [1.807, 2.05) is 0 Å². The molecule has 2 aromatic heterocycles. The number of hydrogen-bond donors (Lipinski definition) is 3. The van der Waals surface area contributed by atoms with Gasteiger partial charge in [0.05, 0.1) is 18.9 Å². The molecule has 0 aliphatic rings. The minimum atomic E-state index is -4.01. The summed E-state index contributed by atoms with van der Waals surface area (Å²) in [5.41, 5.74) is -0.430. The van der Waals surface area contributed by atoms with Crippen LogP contribution in [-0.4, -0.2) is 34.8 Å². The Labute approximate surface area is 101 Å². The average Bonchev–Trinajstić information content (AvgIpc) is 2.98. The molecule has 0 spiro atoms. The summed E-state index contributed by atoms with van der Waals surface area (Å²) in [5.74, 6) is -1.08. The molecular weight excluding hydrogens is 264 g/mol. The number of aromatic carboxylic acids is 1. The summed E-state index contributed by atoms with van der Waals surface area (Å²) in [6, 6.07) is 1.48. The van der Waals surface area contributed by atoms with Gasteiger partial charge in [-0.05, 0) is 0 Å². The Hall–Kier alpha value is -2.20. The van der Waals surface area contributed by atoms with Crippen molar-refractivity contribution in [2.24, 2.45) is 0 Å². The van der Waals surface area contributed by atoms with E-state index in [0.717, 1.165) is 6.20 Å². The quantitative estimate of drug-likeness (QED) is 0.671. The summed E-state index contributed by atoms with van der Waals surface area (Å²) in [6.45, 7) is -0.138. The highest BCUT2D eigenvalue weighted by molar-refractivity contribution is 7.89. The maximum Gasteiger partial charge on any atom is 0.340 e. The van der Waals surface area contributed by atoms with Crippen molar-refractivity contribution in [3.05, 3.63) is 29.8 Å². The van der Waals surface area contributed by atoms with Crippen molar-refractivity contribution in [3.63, 3.8) is 0 Å². The summed E-state index contributed by atoms with van der Waals surface area (Å²) in [7, 11) is -4.01. The second-order valence-corrected chi connectivity index (χ2v) is 4.93. The van der Waals surface area contributed by atoms with Crippen LogP contribution in [-0.2, 0) is 16.6 Å². The molecule has 0 saturated carbocycles. The first kappa shape index (κ1) is 12.3. The van der Waals surface area contributed by atoms with Crippen LogP contribution in [0.1, 0.15) is 16.1 Å². The summed E-state index contributed by atoms with van der Waals surface area (Å²) in [6.07, 6.45) is 2.29. The number of hydrogen-bond acceptors (Lipinski definition) is 6. The van der Waals surface area contributed by atoms with Gasteiger partial charge in [-0.1, -0.05) is 5.16 Å². The van der Waals surface area contributed by atoms with E-state index < -0.39 is 26.6 Å². The third kappa shape index (κ3) is 2.38. The van der Waals surface area contributed by atoms with Crippen molar-refractivity contribution in [3.8, 4) is 0 Å². The summed E-state index contributed by atoms with van der Waals surface area (Å²) in [5, 5.41) is 17.2. The lowest BCUT2D eigenvalue weighted by atomic mass is 10.4. The lowest BCUT2D eigenvalue weighted by molar-refractivity contribution is 0.0692. The third-order valence-corrected chi connectivity index (χ3v) is 3.40. The van der Waals surface area contributed by atoms with Gasteiger partial charge in [-0.15, -0.1) is 0 Å². The zero-order valence-electron chi connectivity index (χ0n) is 8.82. The number of carboxylic acids is 1. The fourth-order valence-corrected chi connectivity index (χ4v) is 2.28. The zero-order valence-corrected chi connectivity index (χ0v) is 9.64. The predicted octanol–water partition coefficient (Wildman–Crippen LogP) is -0.426. The maximum absolute atomic E-state index is 11.8. The van der Waals surface area contributed by atoms with Crippen molar-refractivity contribution < 1.29 is 22.8 Å². The molecule has 96 valence electrons. The van der Waals surface area contributed by atoms with E-state index in [4.69, 9.17) is 9.63 Å². The number of nitrogens with one attached hydrogen (secondary N) is 2. The van der Waals surface area contributed by atoms with E-state index in [-0.39, 0.29) is 6.54 Å². The largest absolute Gasteiger partial charge is 0.478 e. The number of nitrogens with zero attached hydrogens (tertiary/aromatic N) is 2. The van der Waals surface area contributed by atoms with Crippen LogP contribution in [0.4, 0.5) is 0 Å². The van der Waals surface area contributed by atoms with Gasteiger partial charge < -0.3 is 9.63 Å². The molecule has 2 rings (SSSR count). The highest BCUT2D eigenvalue weighted by Crippen LogP contribution is 2.12. The predicted molar refractivity (Wildman–Crippen MR) is 56.1 cm³/mol. The van der Waals surface area contributed by atoms with Crippen LogP contribution in [0.25, 0.3) is 0 Å². The molecule has 9 nitrogen and oxygen atoms in total. The molecule has 10 heteroatoms. The van der Waals surface area contributed by atoms with Crippen molar-refractivity contribution >= 4 is 16.0 Å². The molecule has 3 N–H and O–H groups in total. The van der Waals surface area contributed by atoms with Crippen molar-refractivity contribution in [1.82, 2.24) is 20.1 Å². The minimum absolute atomic E-state index is 0.138. The number of carbonyl (C=O) groups is 1. The highest BCUT2D eigenvalue weighted by atomic mass is 32.2. The Morgan fingerprint density at radius 2 is 2.33 bits per heavy atom. The lowest BCUT2D eigenvalue weighted by Gasteiger charge is -2.03. The highest BCUT2D eigenvalue weighted by Gasteiger charge is 2.24. The van der Waals surface area contributed by atoms with Gasteiger partial charge in [-0.2, -0.15) is 5.10 Å². The first-order chi connectivity index (χ1) is 8.50. The van der Waals surface area contributed by atoms with Crippen LogP contribution in [0.5, 0.6) is 0 Å². The molecule has 0 amide bonds. The second-order valence-electron chi connectivity index (χ2n) is 3.22. The molecular formula is C8H8N4O5S. The maximum atomic E-state index is 11.8. The van der Waals surface area contributed by atoms with E-state index in [9.17, 15) is 13.2 Å². The molecule has 2 aromatic rings. The molecule has 0 atom stereocenters. The molecule has 0 radical (unpaired) electrons. The van der Waals surface area contributed by atoms with Gasteiger partial charge in [0.1, 0.15) is 5.56 Å². The van der Waals surface area contributed by atoms with Crippen molar-refractivity contribution in [2.75, 3.05) is 0 Å². The number of aromatic nitrogens is 3. The number of sulfonamides is 1. The number of H-pyrrole nitrogens is 1. The van der Waals surface area contributed by atoms with Crippen LogP contribution in [0.15, 0.2) is 28.0 Å². The van der Waals surface area contributed by atoms with Crippen LogP contribution in [0.3, 0.4) is 0 Å². The van der Waals surface area contributed by atoms with E-state index >= 15 is 0 Å². The second kappa shape index (κ2) is 4.58. The summed E-state index contributed by atoms with van der Waals surface area (Å²) >= 11 is 0. The topological polar surface area (TPSA) is 138 Å². The number of aromatic amines is 1. The van der Waals surface area contributed by atoms with Gasteiger partial charge in [0, 0.05) is 6.07 Å². The van der Waals surface area contributed by atoms with E-state index in [1.54, 1.807) is 0 Å². The molecule has 0 aliphatic carbocycles. The van der Waals surface area contributed by atoms with E-state index in [2.05, 4.69) is 20.1 Å². The molecule has 0 unspecified atom stereocenters. The third-order valence-electron chi connectivity index (χ3n) is 2.03. The summed E-state index contributed by atoms with van der Waals surface area (Å²) in [4.78, 5) is 10.8. The Morgan fingerprint density at radius 1 is 1.56 bits per heavy atom.